The van der Waals surface area contributed by atoms with E-state index in [1.807, 2.05) is 31.2 Å². The maximum absolute atomic E-state index is 13.4. The molecule has 0 aliphatic rings. The molecule has 0 saturated heterocycles. The molecule has 3 N–H and O–H groups in total. The van der Waals surface area contributed by atoms with Crippen molar-refractivity contribution in [1.29, 1.82) is 0 Å². The van der Waals surface area contributed by atoms with Crippen LogP contribution in [-0.2, 0) is 11.2 Å². The van der Waals surface area contributed by atoms with E-state index < -0.39 is 5.82 Å². The van der Waals surface area contributed by atoms with Gasteiger partial charge >= 0.3 is 0 Å². The number of carbonyl (C=O) groups is 1. The predicted molar refractivity (Wildman–Crippen MR) is 82.8 cm³/mol. The summed E-state index contributed by atoms with van der Waals surface area (Å²) < 4.78 is 13.4. The number of benzene rings is 2. The minimum Gasteiger partial charge on any atom is -0.379 e. The Morgan fingerprint density at radius 2 is 1.95 bits per heavy atom. The van der Waals surface area contributed by atoms with Crippen LogP contribution < -0.4 is 11.1 Å². The van der Waals surface area contributed by atoms with Gasteiger partial charge in [0.15, 0.2) is 0 Å². The Bertz CT molecular complexity index is 643. The largest absolute Gasteiger partial charge is 0.379 e. The molecule has 0 fully saturated rings. The lowest BCUT2D eigenvalue weighted by molar-refractivity contribution is -0.117. The van der Waals surface area contributed by atoms with Crippen LogP contribution in [-0.4, -0.2) is 5.91 Å². The number of primary amides is 1. The van der Waals surface area contributed by atoms with Crippen LogP contribution in [0, 0.1) is 5.82 Å². The molecular formula is C16H16ClFN2O. The van der Waals surface area contributed by atoms with E-state index >= 15 is 0 Å². The summed E-state index contributed by atoms with van der Waals surface area (Å²) in [5.74, 6) is -0.791. The lowest BCUT2D eigenvalue weighted by Gasteiger charge is -2.16. The number of hydrogen-bond donors (Lipinski definition) is 2. The molecule has 21 heavy (non-hydrogen) atoms. The van der Waals surface area contributed by atoms with E-state index in [2.05, 4.69) is 5.32 Å². The molecule has 0 aliphatic carbocycles. The lowest BCUT2D eigenvalue weighted by Crippen LogP contribution is -2.13. The molecule has 110 valence electrons. The van der Waals surface area contributed by atoms with Crippen LogP contribution >= 0.6 is 11.6 Å². The quantitative estimate of drug-likeness (QED) is 0.885. The van der Waals surface area contributed by atoms with Crippen LogP contribution in [0.25, 0.3) is 0 Å². The Hall–Kier alpha value is -2.07. The Morgan fingerprint density at radius 3 is 2.52 bits per heavy atom. The first-order chi connectivity index (χ1) is 9.95. The molecule has 0 aliphatic heterocycles. The van der Waals surface area contributed by atoms with Gasteiger partial charge in [-0.3, -0.25) is 4.79 Å². The molecule has 2 aromatic carbocycles. The van der Waals surface area contributed by atoms with Crippen molar-refractivity contribution in [2.45, 2.75) is 19.4 Å². The summed E-state index contributed by atoms with van der Waals surface area (Å²) in [6.45, 7) is 1.93. The maximum atomic E-state index is 13.4. The monoisotopic (exact) mass is 306 g/mol. The highest BCUT2D eigenvalue weighted by Gasteiger charge is 2.08. The molecule has 0 radical (unpaired) electrons. The van der Waals surface area contributed by atoms with Crippen molar-refractivity contribution in [3.8, 4) is 0 Å². The first-order valence-corrected chi connectivity index (χ1v) is 6.92. The molecule has 0 saturated carbocycles. The van der Waals surface area contributed by atoms with Crippen molar-refractivity contribution in [2.24, 2.45) is 5.73 Å². The third-order valence-electron chi connectivity index (χ3n) is 3.16. The number of rotatable bonds is 5. The van der Waals surface area contributed by atoms with Crippen molar-refractivity contribution >= 4 is 23.2 Å². The number of halogens is 2. The molecule has 0 spiro atoms. The van der Waals surface area contributed by atoms with E-state index in [0.717, 1.165) is 16.8 Å². The molecule has 0 aromatic heterocycles. The molecular weight excluding hydrogens is 291 g/mol. The Morgan fingerprint density at radius 1 is 1.29 bits per heavy atom. The zero-order valence-electron chi connectivity index (χ0n) is 11.6. The summed E-state index contributed by atoms with van der Waals surface area (Å²) in [5, 5.41) is 3.37. The fraction of sp³-hybridized carbons (Fsp3) is 0.188. The highest BCUT2D eigenvalue weighted by atomic mass is 35.5. The highest BCUT2D eigenvalue weighted by Crippen LogP contribution is 2.23. The van der Waals surface area contributed by atoms with Crippen LogP contribution in [0.2, 0.25) is 5.02 Å². The minimum atomic E-state index is -0.431. The molecule has 1 unspecified atom stereocenters. The van der Waals surface area contributed by atoms with Gasteiger partial charge in [0.05, 0.1) is 11.4 Å². The number of amides is 1. The van der Waals surface area contributed by atoms with Gasteiger partial charge in [0, 0.05) is 11.7 Å². The van der Waals surface area contributed by atoms with Gasteiger partial charge in [-0.05, 0) is 42.3 Å². The SMILES string of the molecule is CC(Nc1ccc(CC(N)=O)cc1)c1ccc(Cl)c(F)c1. The second-order valence-electron chi connectivity index (χ2n) is 4.88. The van der Waals surface area contributed by atoms with E-state index in [1.165, 1.54) is 6.07 Å². The van der Waals surface area contributed by atoms with Crippen molar-refractivity contribution in [3.63, 3.8) is 0 Å². The number of hydrogen-bond acceptors (Lipinski definition) is 2. The van der Waals surface area contributed by atoms with E-state index in [-0.39, 0.29) is 23.4 Å². The fourth-order valence-corrected chi connectivity index (χ4v) is 2.15. The van der Waals surface area contributed by atoms with Gasteiger partial charge in [0.1, 0.15) is 5.82 Å². The Kier molecular flexibility index (Phi) is 4.81. The molecule has 0 heterocycles. The summed E-state index contributed by atoms with van der Waals surface area (Å²) >= 11 is 5.67. The van der Waals surface area contributed by atoms with Crippen LogP contribution in [0.3, 0.4) is 0 Å². The molecule has 2 rings (SSSR count). The van der Waals surface area contributed by atoms with Gasteiger partial charge in [-0.1, -0.05) is 29.8 Å². The number of anilines is 1. The van der Waals surface area contributed by atoms with Crippen LogP contribution in [0.15, 0.2) is 42.5 Å². The number of nitrogens with one attached hydrogen (secondary N) is 1. The maximum Gasteiger partial charge on any atom is 0.221 e. The summed E-state index contributed by atoms with van der Waals surface area (Å²) in [7, 11) is 0. The first-order valence-electron chi connectivity index (χ1n) is 6.54. The van der Waals surface area contributed by atoms with Crippen molar-refractivity contribution < 1.29 is 9.18 Å². The lowest BCUT2D eigenvalue weighted by atomic mass is 10.1. The van der Waals surface area contributed by atoms with Crippen LogP contribution in [0.4, 0.5) is 10.1 Å². The van der Waals surface area contributed by atoms with E-state index in [0.29, 0.717) is 0 Å². The second-order valence-corrected chi connectivity index (χ2v) is 5.29. The third kappa shape index (κ3) is 4.20. The van der Waals surface area contributed by atoms with Crippen molar-refractivity contribution in [2.75, 3.05) is 5.32 Å². The summed E-state index contributed by atoms with van der Waals surface area (Å²) in [5.41, 5.74) is 7.69. The molecule has 1 atom stereocenters. The fourth-order valence-electron chi connectivity index (χ4n) is 2.04. The van der Waals surface area contributed by atoms with Gasteiger partial charge in [-0.15, -0.1) is 0 Å². The standard InChI is InChI=1S/C16H16ClFN2O/c1-10(12-4-7-14(17)15(18)9-12)20-13-5-2-11(3-6-13)8-16(19)21/h2-7,9-10,20H,8H2,1H3,(H2,19,21). The van der Waals surface area contributed by atoms with Gasteiger partial charge < -0.3 is 11.1 Å². The van der Waals surface area contributed by atoms with Crippen LogP contribution in [0.1, 0.15) is 24.1 Å². The van der Waals surface area contributed by atoms with Gasteiger partial charge in [0.2, 0.25) is 5.91 Å². The molecule has 0 bridgehead atoms. The average molecular weight is 307 g/mol. The van der Waals surface area contributed by atoms with Gasteiger partial charge in [0.25, 0.3) is 0 Å². The summed E-state index contributed by atoms with van der Waals surface area (Å²) in [6, 6.07) is 12.1. The van der Waals surface area contributed by atoms with E-state index in [9.17, 15) is 9.18 Å². The van der Waals surface area contributed by atoms with E-state index in [4.69, 9.17) is 17.3 Å². The summed E-state index contributed by atoms with van der Waals surface area (Å²) in [6.07, 6.45) is 0.220. The molecule has 5 heteroatoms. The van der Waals surface area contributed by atoms with Crippen molar-refractivity contribution in [1.82, 2.24) is 0 Å². The minimum absolute atomic E-state index is 0.0706. The molecule has 3 nitrogen and oxygen atoms in total. The molecule has 2 aromatic rings. The third-order valence-corrected chi connectivity index (χ3v) is 3.47. The highest BCUT2D eigenvalue weighted by molar-refractivity contribution is 6.30. The number of carbonyl (C=O) groups excluding carboxylic acids is 1. The second kappa shape index (κ2) is 6.59. The zero-order chi connectivity index (χ0) is 15.4. The van der Waals surface area contributed by atoms with E-state index in [1.54, 1.807) is 12.1 Å². The zero-order valence-corrected chi connectivity index (χ0v) is 12.3. The Labute approximate surface area is 127 Å². The van der Waals surface area contributed by atoms with Gasteiger partial charge in [-0.2, -0.15) is 0 Å². The topological polar surface area (TPSA) is 55.1 Å². The smallest absolute Gasteiger partial charge is 0.221 e. The average Bonchev–Trinajstić information content (AvgIpc) is 2.43. The van der Waals surface area contributed by atoms with Crippen LogP contribution in [0.5, 0.6) is 0 Å². The van der Waals surface area contributed by atoms with Crippen molar-refractivity contribution in [3.05, 3.63) is 64.4 Å². The normalized spacial score (nSPS) is 12.0. The number of nitrogens with two attached hydrogens (primary N) is 1. The molecule has 1 amide bonds. The summed E-state index contributed by atoms with van der Waals surface area (Å²) in [4.78, 5) is 10.8. The predicted octanol–water partition coefficient (Wildman–Crippen LogP) is 3.68. The first kappa shape index (κ1) is 15.3. The van der Waals surface area contributed by atoms with Gasteiger partial charge in [-0.25, -0.2) is 4.39 Å². The Balaban J connectivity index is 2.06.